The Balaban J connectivity index is 2.15. The summed E-state index contributed by atoms with van der Waals surface area (Å²) < 4.78 is 0. The van der Waals surface area contributed by atoms with Crippen LogP contribution in [0.4, 0.5) is 16.1 Å². The van der Waals surface area contributed by atoms with Crippen LogP contribution in [0.15, 0.2) is 0 Å². The minimum atomic E-state index is -0.270. The molecule has 0 aliphatic heterocycles. The summed E-state index contributed by atoms with van der Waals surface area (Å²) >= 11 is 2.69. The maximum atomic E-state index is 12.1. The molecular formula is C11H15N5OS2. The average molecular weight is 297 g/mol. The Kier molecular flexibility index (Phi) is 4.01. The minimum absolute atomic E-state index is 0.239. The lowest BCUT2D eigenvalue weighted by atomic mass is 10.4. The lowest BCUT2D eigenvalue weighted by Crippen LogP contribution is -2.11. The fourth-order valence-corrected chi connectivity index (χ4v) is 3.06. The topological polar surface area (TPSA) is 92.9 Å². The molecule has 2 aromatic heterocycles. The molecule has 2 rings (SSSR count). The van der Waals surface area contributed by atoms with Gasteiger partial charge in [-0.2, -0.15) is 0 Å². The summed E-state index contributed by atoms with van der Waals surface area (Å²) in [6.45, 7) is 6.57. The van der Waals surface area contributed by atoms with Gasteiger partial charge < -0.3 is 11.1 Å². The molecule has 19 heavy (non-hydrogen) atoms. The third-order valence-electron chi connectivity index (χ3n) is 2.44. The first-order chi connectivity index (χ1) is 9.01. The van der Waals surface area contributed by atoms with Gasteiger partial charge in [0.1, 0.15) is 10.7 Å². The molecule has 0 saturated heterocycles. The Bertz CT molecular complexity index is 585. The van der Waals surface area contributed by atoms with E-state index < -0.39 is 0 Å². The molecule has 2 heterocycles. The first kappa shape index (κ1) is 13.8. The molecule has 1 amide bonds. The summed E-state index contributed by atoms with van der Waals surface area (Å²) in [5.74, 6) is -0.0312. The van der Waals surface area contributed by atoms with Crippen molar-refractivity contribution < 1.29 is 4.79 Å². The molecule has 0 bridgehead atoms. The molecule has 0 aliphatic rings. The number of aromatic nitrogens is 2. The van der Waals surface area contributed by atoms with Gasteiger partial charge in [0.2, 0.25) is 0 Å². The van der Waals surface area contributed by atoms with Crippen molar-refractivity contribution in [2.24, 2.45) is 0 Å². The van der Waals surface area contributed by atoms with Crippen LogP contribution in [0.2, 0.25) is 0 Å². The largest absolute Gasteiger partial charge is 0.382 e. The standard InChI is InChI=1S/C11H15N5OS2/c1-4-13-10-15-8(12)7(19-10)9(17)16-11-14-5(2)6(3)18-11/h4,12H2,1-3H3,(H,13,15)(H,14,16,17). The van der Waals surface area contributed by atoms with E-state index in [0.717, 1.165) is 17.1 Å². The molecule has 6 nitrogen and oxygen atoms in total. The maximum absolute atomic E-state index is 12.1. The zero-order chi connectivity index (χ0) is 14.0. The summed E-state index contributed by atoms with van der Waals surface area (Å²) in [6, 6.07) is 0. The Hall–Kier alpha value is -1.67. The molecule has 0 unspecified atom stereocenters. The Morgan fingerprint density at radius 3 is 2.58 bits per heavy atom. The highest BCUT2D eigenvalue weighted by atomic mass is 32.1. The molecule has 4 N–H and O–H groups in total. The van der Waals surface area contributed by atoms with E-state index in [1.807, 2.05) is 20.8 Å². The smallest absolute Gasteiger partial charge is 0.271 e. The van der Waals surface area contributed by atoms with E-state index in [1.165, 1.54) is 22.7 Å². The lowest BCUT2D eigenvalue weighted by molar-refractivity contribution is 0.103. The molecule has 0 aliphatic carbocycles. The number of nitrogens with one attached hydrogen (secondary N) is 2. The number of hydrogen-bond acceptors (Lipinski definition) is 7. The van der Waals surface area contributed by atoms with Crippen molar-refractivity contribution in [1.29, 1.82) is 0 Å². The van der Waals surface area contributed by atoms with Crippen molar-refractivity contribution in [3.8, 4) is 0 Å². The summed E-state index contributed by atoms with van der Waals surface area (Å²) in [7, 11) is 0. The van der Waals surface area contributed by atoms with Gasteiger partial charge in [0.25, 0.3) is 5.91 Å². The number of hydrogen-bond donors (Lipinski definition) is 3. The van der Waals surface area contributed by atoms with Gasteiger partial charge in [-0.15, -0.1) is 11.3 Å². The molecule has 0 atom stereocenters. The number of carbonyl (C=O) groups is 1. The van der Waals surface area contributed by atoms with E-state index in [9.17, 15) is 4.79 Å². The third kappa shape index (κ3) is 3.02. The van der Waals surface area contributed by atoms with Gasteiger partial charge in [-0.3, -0.25) is 10.1 Å². The number of nitrogen functional groups attached to an aromatic ring is 1. The van der Waals surface area contributed by atoms with E-state index >= 15 is 0 Å². The number of aryl methyl sites for hydroxylation is 2. The molecular weight excluding hydrogens is 282 g/mol. The Morgan fingerprint density at radius 2 is 2.00 bits per heavy atom. The molecule has 0 aromatic carbocycles. The number of thiazole rings is 2. The minimum Gasteiger partial charge on any atom is -0.382 e. The summed E-state index contributed by atoms with van der Waals surface area (Å²) in [5, 5.41) is 7.01. The third-order valence-corrected chi connectivity index (χ3v) is 4.45. The van der Waals surface area contributed by atoms with Crippen LogP contribution in [-0.2, 0) is 0 Å². The first-order valence-corrected chi connectivity index (χ1v) is 7.40. The molecule has 102 valence electrons. The fourth-order valence-electron chi connectivity index (χ4n) is 1.40. The second kappa shape index (κ2) is 5.54. The molecule has 8 heteroatoms. The van der Waals surface area contributed by atoms with Crippen molar-refractivity contribution in [3.63, 3.8) is 0 Å². The van der Waals surface area contributed by atoms with Crippen molar-refractivity contribution >= 4 is 44.7 Å². The highest BCUT2D eigenvalue weighted by molar-refractivity contribution is 7.18. The summed E-state index contributed by atoms with van der Waals surface area (Å²) in [5.41, 5.74) is 6.66. The predicted molar refractivity (Wildman–Crippen MR) is 80.2 cm³/mol. The van der Waals surface area contributed by atoms with E-state index in [2.05, 4.69) is 20.6 Å². The number of rotatable bonds is 4. The van der Waals surface area contributed by atoms with Crippen molar-refractivity contribution in [2.45, 2.75) is 20.8 Å². The van der Waals surface area contributed by atoms with Gasteiger partial charge in [-0.25, -0.2) is 9.97 Å². The first-order valence-electron chi connectivity index (χ1n) is 5.76. The van der Waals surface area contributed by atoms with Crippen LogP contribution in [0.3, 0.4) is 0 Å². The second-order valence-corrected chi connectivity index (χ2v) is 6.08. The van der Waals surface area contributed by atoms with E-state index in [0.29, 0.717) is 15.1 Å². The van der Waals surface area contributed by atoms with Crippen molar-refractivity contribution in [3.05, 3.63) is 15.4 Å². The zero-order valence-corrected chi connectivity index (χ0v) is 12.5. The number of amides is 1. The maximum Gasteiger partial charge on any atom is 0.271 e. The van der Waals surface area contributed by atoms with Crippen LogP contribution >= 0.6 is 22.7 Å². The van der Waals surface area contributed by atoms with Crippen LogP contribution in [-0.4, -0.2) is 22.4 Å². The van der Waals surface area contributed by atoms with Gasteiger partial charge in [0.05, 0.1) is 5.69 Å². The van der Waals surface area contributed by atoms with E-state index in [-0.39, 0.29) is 11.7 Å². The Labute approximate surface area is 119 Å². The van der Waals surface area contributed by atoms with Gasteiger partial charge in [-0.1, -0.05) is 11.3 Å². The van der Waals surface area contributed by atoms with Crippen LogP contribution < -0.4 is 16.4 Å². The molecule has 0 saturated carbocycles. The molecule has 0 radical (unpaired) electrons. The van der Waals surface area contributed by atoms with Gasteiger partial charge in [0.15, 0.2) is 10.3 Å². The van der Waals surface area contributed by atoms with E-state index in [4.69, 9.17) is 5.73 Å². The zero-order valence-electron chi connectivity index (χ0n) is 10.9. The van der Waals surface area contributed by atoms with Crippen LogP contribution in [0.25, 0.3) is 0 Å². The SMILES string of the molecule is CCNc1nc(N)c(C(=O)Nc2nc(C)c(C)s2)s1. The van der Waals surface area contributed by atoms with Gasteiger partial charge in [-0.05, 0) is 20.8 Å². The molecule has 2 aromatic rings. The van der Waals surface area contributed by atoms with E-state index in [1.54, 1.807) is 0 Å². The van der Waals surface area contributed by atoms with Crippen molar-refractivity contribution in [2.75, 3.05) is 22.9 Å². The number of nitrogens with zero attached hydrogens (tertiary/aromatic N) is 2. The monoisotopic (exact) mass is 297 g/mol. The number of carbonyl (C=O) groups excluding carboxylic acids is 1. The number of anilines is 3. The quantitative estimate of drug-likeness (QED) is 0.806. The lowest BCUT2D eigenvalue weighted by Gasteiger charge is -1.98. The van der Waals surface area contributed by atoms with Crippen molar-refractivity contribution in [1.82, 2.24) is 9.97 Å². The number of nitrogens with two attached hydrogens (primary N) is 1. The normalized spacial score (nSPS) is 10.5. The summed E-state index contributed by atoms with van der Waals surface area (Å²) in [6.07, 6.45) is 0. The highest BCUT2D eigenvalue weighted by Gasteiger charge is 2.17. The summed E-state index contributed by atoms with van der Waals surface area (Å²) in [4.78, 5) is 21.9. The molecule has 0 fully saturated rings. The fraction of sp³-hybridized carbons (Fsp3) is 0.364. The molecule has 0 spiro atoms. The van der Waals surface area contributed by atoms with Crippen LogP contribution in [0.1, 0.15) is 27.2 Å². The van der Waals surface area contributed by atoms with Crippen LogP contribution in [0.5, 0.6) is 0 Å². The predicted octanol–water partition coefficient (Wildman–Crippen LogP) is 2.48. The van der Waals surface area contributed by atoms with Crippen LogP contribution in [0, 0.1) is 13.8 Å². The average Bonchev–Trinajstić information content (AvgIpc) is 2.84. The highest BCUT2D eigenvalue weighted by Crippen LogP contribution is 2.27. The second-order valence-electron chi connectivity index (χ2n) is 3.88. The Morgan fingerprint density at radius 1 is 1.26 bits per heavy atom. The van der Waals surface area contributed by atoms with Gasteiger partial charge >= 0.3 is 0 Å². The van der Waals surface area contributed by atoms with Gasteiger partial charge in [0, 0.05) is 11.4 Å².